The van der Waals surface area contributed by atoms with Crippen molar-refractivity contribution in [1.82, 2.24) is 10.4 Å². The molecule has 164 valence electrons. The molecule has 2 aromatic carbocycles. The fraction of sp³-hybridized carbons (Fsp3) is 0.316. The van der Waals surface area contributed by atoms with Gasteiger partial charge in [0.15, 0.2) is 11.5 Å². The van der Waals surface area contributed by atoms with E-state index < -0.39 is 15.9 Å². The van der Waals surface area contributed by atoms with E-state index in [1.165, 1.54) is 18.2 Å². The van der Waals surface area contributed by atoms with E-state index in [0.717, 1.165) is 11.1 Å². The molecular formula is C19H24ClN3O6S. The van der Waals surface area contributed by atoms with Crippen molar-refractivity contribution in [3.05, 3.63) is 52.0 Å². The lowest BCUT2D eigenvalue weighted by Gasteiger charge is -2.35. The van der Waals surface area contributed by atoms with E-state index in [-0.39, 0.29) is 27.0 Å². The topological polar surface area (TPSA) is 142 Å². The molecule has 0 spiro atoms. The Morgan fingerprint density at radius 2 is 1.83 bits per heavy atom. The van der Waals surface area contributed by atoms with Crippen LogP contribution in [-0.2, 0) is 16.4 Å². The van der Waals surface area contributed by atoms with Crippen molar-refractivity contribution in [2.45, 2.75) is 24.3 Å². The number of amides is 1. The molecule has 0 aromatic heterocycles. The number of hydrogen-bond acceptors (Lipinski definition) is 6. The van der Waals surface area contributed by atoms with Crippen LogP contribution in [0.2, 0.25) is 5.02 Å². The van der Waals surface area contributed by atoms with Crippen molar-refractivity contribution in [2.24, 2.45) is 5.14 Å². The summed E-state index contributed by atoms with van der Waals surface area (Å²) in [4.78, 5) is 12.4. The van der Waals surface area contributed by atoms with Crippen LogP contribution in [0.4, 0.5) is 0 Å². The Morgan fingerprint density at radius 1 is 1.20 bits per heavy atom. The molecular weight excluding hydrogens is 434 g/mol. The van der Waals surface area contributed by atoms with Gasteiger partial charge in [-0.3, -0.25) is 10.2 Å². The molecule has 30 heavy (non-hydrogen) atoms. The summed E-state index contributed by atoms with van der Waals surface area (Å²) >= 11 is 5.89. The molecule has 0 aliphatic carbocycles. The lowest BCUT2D eigenvalue weighted by Crippen LogP contribution is -2.47. The Morgan fingerprint density at radius 3 is 2.43 bits per heavy atom. The summed E-state index contributed by atoms with van der Waals surface area (Å²) in [5.74, 6) is 0.816. The van der Waals surface area contributed by atoms with Gasteiger partial charge in [0.2, 0.25) is 10.0 Å². The summed E-state index contributed by atoms with van der Waals surface area (Å²) in [6.07, 6.45) is 0.698. The fourth-order valence-electron chi connectivity index (χ4n) is 3.36. The summed E-state index contributed by atoms with van der Waals surface area (Å²) in [5, 5.41) is 6.92. The maximum atomic E-state index is 12.7. The Labute approximate surface area is 180 Å². The van der Waals surface area contributed by atoms with E-state index in [2.05, 4.69) is 5.43 Å². The van der Waals surface area contributed by atoms with E-state index in [1.54, 1.807) is 19.2 Å². The number of carbonyl (C=O) groups is 1. The van der Waals surface area contributed by atoms with E-state index in [0.29, 0.717) is 24.5 Å². The maximum absolute atomic E-state index is 12.7. The van der Waals surface area contributed by atoms with Gasteiger partial charge < -0.3 is 14.9 Å². The van der Waals surface area contributed by atoms with Gasteiger partial charge in [-0.15, -0.1) is 0 Å². The smallest absolute Gasteiger partial charge is 0.265 e. The molecule has 1 aliphatic rings. The molecule has 0 radical (unpaired) electrons. The van der Waals surface area contributed by atoms with E-state index in [4.69, 9.17) is 26.2 Å². The first kappa shape index (κ1) is 23.9. The van der Waals surface area contributed by atoms with Gasteiger partial charge >= 0.3 is 0 Å². The first-order valence-corrected chi connectivity index (χ1v) is 10.7. The second kappa shape index (κ2) is 9.19. The Balaban J connectivity index is 0.00000320. The molecule has 11 heteroatoms. The quantitative estimate of drug-likeness (QED) is 0.695. The van der Waals surface area contributed by atoms with Gasteiger partial charge in [-0.05, 0) is 54.8 Å². The van der Waals surface area contributed by atoms with E-state index in [9.17, 15) is 13.2 Å². The number of primary sulfonamides is 1. The SMILES string of the molecule is COc1cc2c(cc1OC)C(C)N(NC(=O)c1ccc(Cl)c(S(N)(=O)=O)c1)CC2.O. The number of nitrogens with one attached hydrogen (secondary N) is 1. The highest BCUT2D eigenvalue weighted by Gasteiger charge is 2.27. The average Bonchev–Trinajstić information content (AvgIpc) is 2.68. The molecule has 1 amide bonds. The van der Waals surface area contributed by atoms with Gasteiger partial charge in [0.05, 0.1) is 25.3 Å². The first-order valence-electron chi connectivity index (χ1n) is 8.80. The molecule has 0 bridgehead atoms. The normalized spacial score (nSPS) is 16.2. The number of methoxy groups -OCH3 is 2. The highest BCUT2D eigenvalue weighted by molar-refractivity contribution is 7.89. The minimum atomic E-state index is -4.04. The summed E-state index contributed by atoms with van der Waals surface area (Å²) < 4.78 is 34.0. The van der Waals surface area contributed by atoms with Crippen molar-refractivity contribution in [3.63, 3.8) is 0 Å². The lowest BCUT2D eigenvalue weighted by atomic mass is 9.94. The van der Waals surface area contributed by atoms with Crippen LogP contribution in [0.25, 0.3) is 0 Å². The Hall–Kier alpha value is -2.37. The number of carbonyl (C=O) groups excluding carboxylic acids is 1. The molecule has 2 aromatic rings. The number of halogens is 1. The predicted octanol–water partition coefficient (Wildman–Crippen LogP) is 1.44. The minimum Gasteiger partial charge on any atom is -0.493 e. The van der Waals surface area contributed by atoms with Crippen LogP contribution in [0.15, 0.2) is 35.2 Å². The average molecular weight is 458 g/mol. The van der Waals surface area contributed by atoms with Crippen molar-refractivity contribution in [1.29, 1.82) is 0 Å². The largest absolute Gasteiger partial charge is 0.493 e. The molecule has 9 nitrogen and oxygen atoms in total. The Bertz CT molecular complexity index is 1060. The number of hydrogen-bond donors (Lipinski definition) is 2. The fourth-order valence-corrected chi connectivity index (χ4v) is 4.43. The van der Waals surface area contributed by atoms with Crippen molar-refractivity contribution in [2.75, 3.05) is 20.8 Å². The second-order valence-electron chi connectivity index (χ2n) is 6.66. The highest BCUT2D eigenvalue weighted by atomic mass is 35.5. The second-order valence-corrected chi connectivity index (χ2v) is 8.59. The minimum absolute atomic E-state index is 0. The van der Waals surface area contributed by atoms with Gasteiger partial charge in [-0.25, -0.2) is 18.6 Å². The van der Waals surface area contributed by atoms with Crippen molar-refractivity contribution >= 4 is 27.5 Å². The van der Waals surface area contributed by atoms with Crippen LogP contribution >= 0.6 is 11.6 Å². The zero-order valence-corrected chi connectivity index (χ0v) is 18.3. The maximum Gasteiger partial charge on any atom is 0.265 e. The number of fused-ring (bicyclic) bond motifs is 1. The summed E-state index contributed by atoms with van der Waals surface area (Å²) in [7, 11) is -0.880. The van der Waals surface area contributed by atoms with E-state index >= 15 is 0 Å². The number of rotatable bonds is 5. The molecule has 0 fully saturated rings. The molecule has 0 saturated carbocycles. The molecule has 1 heterocycles. The zero-order chi connectivity index (χ0) is 21.3. The van der Waals surface area contributed by atoms with Crippen molar-refractivity contribution in [3.8, 4) is 11.5 Å². The molecule has 3 rings (SSSR count). The molecule has 1 aliphatic heterocycles. The van der Waals surface area contributed by atoms with Gasteiger partial charge in [0, 0.05) is 12.1 Å². The van der Waals surface area contributed by atoms with Crippen LogP contribution in [0.1, 0.15) is 34.5 Å². The third kappa shape index (κ3) is 4.68. The van der Waals surface area contributed by atoms with Crippen LogP contribution < -0.4 is 20.0 Å². The number of benzene rings is 2. The van der Waals surface area contributed by atoms with E-state index in [1.807, 2.05) is 19.1 Å². The molecule has 5 N–H and O–H groups in total. The standard InChI is InChI=1S/C19H22ClN3O5S.H2O/c1-11-14-10-17(28-3)16(27-2)8-12(14)6-7-23(11)22-19(24)13-4-5-15(20)18(9-13)29(21,25)26;/h4-5,8-11H,6-7H2,1-3H3,(H,22,24)(H2,21,25,26);1H2. The summed E-state index contributed by atoms with van der Waals surface area (Å²) in [6, 6.07) is 7.67. The summed E-state index contributed by atoms with van der Waals surface area (Å²) in [6.45, 7) is 2.53. The zero-order valence-electron chi connectivity index (χ0n) is 16.7. The van der Waals surface area contributed by atoms with Crippen LogP contribution in [0.5, 0.6) is 11.5 Å². The van der Waals surface area contributed by atoms with Gasteiger partial charge in [0.1, 0.15) is 4.90 Å². The first-order chi connectivity index (χ1) is 13.7. The van der Waals surface area contributed by atoms with Crippen LogP contribution in [0, 0.1) is 0 Å². The third-order valence-corrected chi connectivity index (χ3v) is 6.32. The molecule has 1 unspecified atom stereocenters. The van der Waals surface area contributed by atoms with Crippen LogP contribution in [-0.4, -0.2) is 45.6 Å². The summed E-state index contributed by atoms with van der Waals surface area (Å²) in [5.41, 5.74) is 5.10. The molecule has 0 saturated heterocycles. The molecule has 1 atom stereocenters. The third-order valence-electron chi connectivity index (χ3n) is 4.93. The van der Waals surface area contributed by atoms with Gasteiger partial charge in [-0.2, -0.15) is 0 Å². The van der Waals surface area contributed by atoms with Gasteiger partial charge in [-0.1, -0.05) is 11.6 Å². The number of nitrogens with zero attached hydrogens (tertiary/aromatic N) is 1. The highest BCUT2D eigenvalue weighted by Crippen LogP contribution is 2.37. The number of nitrogens with two attached hydrogens (primary N) is 1. The number of ether oxygens (including phenoxy) is 2. The van der Waals surface area contributed by atoms with Crippen LogP contribution in [0.3, 0.4) is 0 Å². The monoisotopic (exact) mass is 457 g/mol. The predicted molar refractivity (Wildman–Crippen MR) is 112 cm³/mol. The Kier molecular flexibility index (Phi) is 7.32. The number of sulfonamides is 1. The number of hydrazine groups is 1. The lowest BCUT2D eigenvalue weighted by molar-refractivity contribution is 0.0682. The van der Waals surface area contributed by atoms with Crippen molar-refractivity contribution < 1.29 is 28.2 Å². The van der Waals surface area contributed by atoms with Gasteiger partial charge in [0.25, 0.3) is 5.91 Å².